The molecule has 1 aromatic carbocycles. The first-order valence-electron chi connectivity index (χ1n) is 5.15. The van der Waals surface area contributed by atoms with E-state index in [9.17, 15) is 4.79 Å². The lowest BCUT2D eigenvalue weighted by Gasteiger charge is -2.17. The van der Waals surface area contributed by atoms with Crippen LogP contribution >= 0.6 is 0 Å². The van der Waals surface area contributed by atoms with Gasteiger partial charge in [-0.1, -0.05) is 12.1 Å². The average Bonchev–Trinajstić information content (AvgIpc) is 2.66. The van der Waals surface area contributed by atoms with E-state index in [0.29, 0.717) is 13.0 Å². The average molecular weight is 205 g/mol. The van der Waals surface area contributed by atoms with Crippen LogP contribution in [0, 0.1) is 0 Å². The Kier molecular flexibility index (Phi) is 2.87. The van der Waals surface area contributed by atoms with Gasteiger partial charge in [0, 0.05) is 13.0 Å². The van der Waals surface area contributed by atoms with Crippen LogP contribution in [0.3, 0.4) is 0 Å². The predicted octanol–water partition coefficient (Wildman–Crippen LogP) is 0.429. The van der Waals surface area contributed by atoms with Gasteiger partial charge in [-0.15, -0.1) is 0 Å². The SMILES string of the molecule is NCCc1cccc(N2CCC(=O)N2)c1. The van der Waals surface area contributed by atoms with E-state index in [1.165, 1.54) is 5.56 Å². The van der Waals surface area contributed by atoms with Crippen LogP contribution in [0.1, 0.15) is 12.0 Å². The van der Waals surface area contributed by atoms with Crippen molar-refractivity contribution in [3.8, 4) is 0 Å². The fourth-order valence-electron chi connectivity index (χ4n) is 1.72. The molecule has 4 heteroatoms. The molecule has 80 valence electrons. The van der Waals surface area contributed by atoms with E-state index in [2.05, 4.69) is 11.5 Å². The van der Waals surface area contributed by atoms with Gasteiger partial charge in [0.15, 0.2) is 0 Å². The van der Waals surface area contributed by atoms with Gasteiger partial charge in [0.05, 0.1) is 5.69 Å². The van der Waals surface area contributed by atoms with Crippen molar-refractivity contribution in [2.45, 2.75) is 12.8 Å². The van der Waals surface area contributed by atoms with Crippen molar-refractivity contribution >= 4 is 11.6 Å². The number of carbonyl (C=O) groups is 1. The molecule has 2 rings (SSSR count). The van der Waals surface area contributed by atoms with E-state index in [1.54, 1.807) is 0 Å². The zero-order valence-corrected chi connectivity index (χ0v) is 8.57. The molecule has 1 saturated heterocycles. The van der Waals surface area contributed by atoms with Crippen LogP contribution in [-0.4, -0.2) is 19.0 Å². The molecule has 1 aliphatic heterocycles. The van der Waals surface area contributed by atoms with Crippen molar-refractivity contribution in [2.24, 2.45) is 5.73 Å². The van der Waals surface area contributed by atoms with Crippen LogP contribution in [0.4, 0.5) is 5.69 Å². The number of carbonyl (C=O) groups excluding carboxylic acids is 1. The van der Waals surface area contributed by atoms with Gasteiger partial charge >= 0.3 is 0 Å². The van der Waals surface area contributed by atoms with Crippen molar-refractivity contribution in [3.63, 3.8) is 0 Å². The van der Waals surface area contributed by atoms with Gasteiger partial charge in [-0.3, -0.25) is 15.2 Å². The van der Waals surface area contributed by atoms with Gasteiger partial charge in [0.1, 0.15) is 0 Å². The van der Waals surface area contributed by atoms with Gasteiger partial charge < -0.3 is 5.73 Å². The molecule has 0 bridgehead atoms. The van der Waals surface area contributed by atoms with E-state index in [0.717, 1.165) is 18.7 Å². The molecule has 0 spiro atoms. The number of benzene rings is 1. The Morgan fingerprint density at radius 2 is 2.33 bits per heavy atom. The number of nitrogens with two attached hydrogens (primary N) is 1. The second-order valence-electron chi connectivity index (χ2n) is 3.65. The van der Waals surface area contributed by atoms with Crippen molar-refractivity contribution in [1.82, 2.24) is 5.43 Å². The summed E-state index contributed by atoms with van der Waals surface area (Å²) < 4.78 is 0. The summed E-state index contributed by atoms with van der Waals surface area (Å²) in [4.78, 5) is 11.1. The Morgan fingerprint density at radius 3 is 3.00 bits per heavy atom. The second-order valence-corrected chi connectivity index (χ2v) is 3.65. The van der Waals surface area contributed by atoms with Gasteiger partial charge in [0.25, 0.3) is 0 Å². The molecular formula is C11H15N3O. The summed E-state index contributed by atoms with van der Waals surface area (Å²) >= 11 is 0. The molecule has 0 radical (unpaired) electrons. The molecule has 4 nitrogen and oxygen atoms in total. The topological polar surface area (TPSA) is 58.4 Å². The van der Waals surface area contributed by atoms with Gasteiger partial charge in [-0.25, -0.2) is 0 Å². The molecule has 1 fully saturated rings. The Hall–Kier alpha value is -1.55. The molecule has 3 N–H and O–H groups in total. The summed E-state index contributed by atoms with van der Waals surface area (Å²) in [5.41, 5.74) is 10.5. The molecule has 1 amide bonds. The van der Waals surface area contributed by atoms with E-state index >= 15 is 0 Å². The maximum atomic E-state index is 11.1. The third-order valence-corrected chi connectivity index (χ3v) is 2.48. The minimum absolute atomic E-state index is 0.0826. The van der Waals surface area contributed by atoms with Crippen molar-refractivity contribution in [3.05, 3.63) is 29.8 Å². The fraction of sp³-hybridized carbons (Fsp3) is 0.364. The number of hydrogen-bond donors (Lipinski definition) is 2. The van der Waals surface area contributed by atoms with Gasteiger partial charge in [0.2, 0.25) is 5.91 Å². The summed E-state index contributed by atoms with van der Waals surface area (Å²) in [6.45, 7) is 1.39. The monoisotopic (exact) mass is 205 g/mol. The molecule has 1 aliphatic rings. The highest BCUT2D eigenvalue weighted by molar-refractivity contribution is 5.81. The number of nitrogens with one attached hydrogen (secondary N) is 1. The molecule has 15 heavy (non-hydrogen) atoms. The molecular weight excluding hydrogens is 190 g/mol. The van der Waals surface area contributed by atoms with Crippen LogP contribution in [0.2, 0.25) is 0 Å². The van der Waals surface area contributed by atoms with Crippen LogP contribution < -0.4 is 16.2 Å². The standard InChI is InChI=1S/C11H15N3O/c12-6-4-9-2-1-3-10(8-9)14-7-5-11(15)13-14/h1-3,8H,4-7,12H2,(H,13,15). The lowest BCUT2D eigenvalue weighted by Crippen LogP contribution is -2.32. The maximum Gasteiger partial charge on any atom is 0.240 e. The summed E-state index contributed by atoms with van der Waals surface area (Å²) in [5, 5.41) is 1.88. The third-order valence-electron chi connectivity index (χ3n) is 2.48. The Morgan fingerprint density at radius 1 is 1.47 bits per heavy atom. The fourth-order valence-corrected chi connectivity index (χ4v) is 1.72. The Bertz CT molecular complexity index is 365. The minimum atomic E-state index is 0.0826. The molecule has 0 saturated carbocycles. The Labute approximate surface area is 89.0 Å². The summed E-state index contributed by atoms with van der Waals surface area (Å²) in [6, 6.07) is 8.10. The van der Waals surface area contributed by atoms with Crippen LogP contribution in [0.5, 0.6) is 0 Å². The first-order chi connectivity index (χ1) is 7.29. The molecule has 0 aromatic heterocycles. The van der Waals surface area contributed by atoms with Crippen molar-refractivity contribution in [1.29, 1.82) is 0 Å². The highest BCUT2D eigenvalue weighted by Crippen LogP contribution is 2.17. The molecule has 0 atom stereocenters. The lowest BCUT2D eigenvalue weighted by molar-refractivity contribution is -0.119. The number of hydrogen-bond acceptors (Lipinski definition) is 3. The number of nitrogens with zero attached hydrogens (tertiary/aromatic N) is 1. The number of hydrazine groups is 1. The zero-order chi connectivity index (χ0) is 10.7. The maximum absolute atomic E-state index is 11.1. The summed E-state index contributed by atoms with van der Waals surface area (Å²) in [6.07, 6.45) is 1.44. The van der Waals surface area contributed by atoms with Crippen molar-refractivity contribution < 1.29 is 4.79 Å². The highest BCUT2D eigenvalue weighted by Gasteiger charge is 2.18. The molecule has 0 unspecified atom stereocenters. The van der Waals surface area contributed by atoms with Gasteiger partial charge in [-0.05, 0) is 30.7 Å². The summed E-state index contributed by atoms with van der Waals surface area (Å²) in [5.74, 6) is 0.0826. The zero-order valence-electron chi connectivity index (χ0n) is 8.57. The Balaban J connectivity index is 2.14. The van der Waals surface area contributed by atoms with E-state index in [-0.39, 0.29) is 5.91 Å². The number of amides is 1. The number of anilines is 1. The summed E-state index contributed by atoms with van der Waals surface area (Å²) in [7, 11) is 0. The third kappa shape index (κ3) is 2.27. The second kappa shape index (κ2) is 4.31. The minimum Gasteiger partial charge on any atom is -0.330 e. The number of rotatable bonds is 3. The quantitative estimate of drug-likeness (QED) is 0.752. The van der Waals surface area contributed by atoms with Gasteiger partial charge in [-0.2, -0.15) is 0 Å². The first-order valence-corrected chi connectivity index (χ1v) is 5.15. The van der Waals surface area contributed by atoms with E-state index < -0.39 is 0 Å². The highest BCUT2D eigenvalue weighted by atomic mass is 16.2. The molecule has 0 aliphatic carbocycles. The van der Waals surface area contributed by atoms with E-state index in [4.69, 9.17) is 5.73 Å². The van der Waals surface area contributed by atoms with Crippen LogP contribution in [0.15, 0.2) is 24.3 Å². The van der Waals surface area contributed by atoms with Crippen LogP contribution in [-0.2, 0) is 11.2 Å². The molecule has 1 aromatic rings. The largest absolute Gasteiger partial charge is 0.330 e. The lowest BCUT2D eigenvalue weighted by atomic mass is 10.1. The molecule has 1 heterocycles. The van der Waals surface area contributed by atoms with Crippen molar-refractivity contribution in [2.75, 3.05) is 18.1 Å². The van der Waals surface area contributed by atoms with E-state index in [1.807, 2.05) is 23.2 Å². The van der Waals surface area contributed by atoms with Crippen LogP contribution in [0.25, 0.3) is 0 Å². The first kappa shape index (κ1) is 9.98. The smallest absolute Gasteiger partial charge is 0.240 e. The predicted molar refractivity (Wildman–Crippen MR) is 59.3 cm³/mol. The normalized spacial score (nSPS) is 15.5.